The number of benzene rings is 2. The maximum atomic E-state index is 13.6. The van der Waals surface area contributed by atoms with Crippen LogP contribution in [-0.4, -0.2) is 41.5 Å². The third kappa shape index (κ3) is 3.70. The van der Waals surface area contributed by atoms with Gasteiger partial charge in [-0.05, 0) is 12.1 Å². The molecule has 0 spiro atoms. The molecule has 3 rings (SSSR count). The Balaban J connectivity index is 2.43. The number of esters is 1. The molecule has 0 amide bonds. The minimum absolute atomic E-state index is 0.0215. The van der Waals surface area contributed by atoms with Gasteiger partial charge in [0.15, 0.2) is 11.3 Å². The molecule has 0 saturated heterocycles. The summed E-state index contributed by atoms with van der Waals surface area (Å²) in [6, 6.07) is 5.04. The molecule has 0 atom stereocenters. The van der Waals surface area contributed by atoms with E-state index in [1.54, 1.807) is 18.2 Å². The summed E-state index contributed by atoms with van der Waals surface area (Å²) in [5.41, 5.74) is 0.322. The number of hydrogen-bond donors (Lipinski definition) is 0. The quantitative estimate of drug-likeness (QED) is 0.412. The minimum atomic E-state index is -0.611. The van der Waals surface area contributed by atoms with Gasteiger partial charge in [0.25, 0.3) is 0 Å². The van der Waals surface area contributed by atoms with E-state index in [2.05, 4.69) is 0 Å². The van der Waals surface area contributed by atoms with Crippen molar-refractivity contribution in [2.45, 2.75) is 6.92 Å². The second-order valence-corrected chi connectivity index (χ2v) is 6.27. The molecule has 0 aliphatic carbocycles. The molecule has 1 aromatic heterocycles. The van der Waals surface area contributed by atoms with Gasteiger partial charge in [-0.1, -0.05) is 0 Å². The van der Waals surface area contributed by atoms with Crippen molar-refractivity contribution in [3.8, 4) is 45.6 Å². The van der Waals surface area contributed by atoms with E-state index in [4.69, 9.17) is 32.8 Å². The summed E-state index contributed by atoms with van der Waals surface area (Å²) in [7, 11) is 7.09. The summed E-state index contributed by atoms with van der Waals surface area (Å²) in [5, 5.41) is 0.0578. The number of carbonyl (C=O) groups excluding carboxylic acids is 1. The Labute approximate surface area is 178 Å². The first-order valence-corrected chi connectivity index (χ1v) is 9.09. The first kappa shape index (κ1) is 21.8. The lowest BCUT2D eigenvalue weighted by Gasteiger charge is -2.18. The van der Waals surface area contributed by atoms with Crippen LogP contribution in [0.5, 0.6) is 34.5 Å². The Kier molecular flexibility index (Phi) is 6.24. The second-order valence-electron chi connectivity index (χ2n) is 6.27. The zero-order valence-corrected chi connectivity index (χ0v) is 18.0. The highest BCUT2D eigenvalue weighted by Crippen LogP contribution is 2.50. The van der Waals surface area contributed by atoms with Gasteiger partial charge in [0.1, 0.15) is 23.1 Å². The Morgan fingerprint density at radius 2 is 1.48 bits per heavy atom. The van der Waals surface area contributed by atoms with Crippen LogP contribution < -0.4 is 33.8 Å². The molecule has 31 heavy (non-hydrogen) atoms. The van der Waals surface area contributed by atoms with Gasteiger partial charge in [-0.2, -0.15) is 0 Å². The lowest BCUT2D eigenvalue weighted by Crippen LogP contribution is -2.11. The number of hydrogen-bond acceptors (Lipinski definition) is 9. The summed E-state index contributed by atoms with van der Waals surface area (Å²) >= 11 is 0. The third-order valence-corrected chi connectivity index (χ3v) is 4.60. The number of ether oxygens (including phenoxy) is 6. The minimum Gasteiger partial charge on any atom is -0.497 e. The molecule has 0 N–H and O–H groups in total. The average Bonchev–Trinajstić information content (AvgIpc) is 2.77. The topological polar surface area (TPSA) is 103 Å². The number of carbonyl (C=O) groups is 1. The van der Waals surface area contributed by atoms with Crippen LogP contribution in [0, 0.1) is 0 Å². The summed E-state index contributed by atoms with van der Waals surface area (Å²) in [5.74, 6) is 0.400. The zero-order chi connectivity index (χ0) is 22.7. The predicted molar refractivity (Wildman–Crippen MR) is 112 cm³/mol. The third-order valence-electron chi connectivity index (χ3n) is 4.60. The summed E-state index contributed by atoms with van der Waals surface area (Å²) in [4.78, 5) is 25.2. The molecule has 0 aliphatic rings. The van der Waals surface area contributed by atoms with Crippen LogP contribution in [0.15, 0.2) is 33.7 Å². The Morgan fingerprint density at radius 3 is 2.03 bits per heavy atom. The van der Waals surface area contributed by atoms with Gasteiger partial charge in [0.05, 0.1) is 41.1 Å². The molecule has 0 unspecified atom stereocenters. The number of methoxy groups -OCH3 is 5. The maximum absolute atomic E-state index is 13.6. The van der Waals surface area contributed by atoms with E-state index in [0.29, 0.717) is 17.1 Å². The van der Waals surface area contributed by atoms with Gasteiger partial charge in [-0.25, -0.2) is 0 Å². The van der Waals surface area contributed by atoms with Crippen molar-refractivity contribution in [2.24, 2.45) is 0 Å². The molecule has 9 nitrogen and oxygen atoms in total. The van der Waals surface area contributed by atoms with Crippen LogP contribution in [0.25, 0.3) is 22.1 Å². The van der Waals surface area contributed by atoms with E-state index >= 15 is 0 Å². The smallest absolute Gasteiger partial charge is 0.308 e. The number of rotatable bonds is 7. The highest BCUT2D eigenvalue weighted by atomic mass is 16.6. The predicted octanol–water partition coefficient (Wildman–Crippen LogP) is 3.43. The molecule has 1 heterocycles. The van der Waals surface area contributed by atoms with Gasteiger partial charge in [0, 0.05) is 18.6 Å². The van der Waals surface area contributed by atoms with Crippen molar-refractivity contribution >= 4 is 16.9 Å². The normalized spacial score (nSPS) is 10.5. The molecule has 0 aliphatic heterocycles. The Bertz CT molecular complexity index is 1190. The summed E-state index contributed by atoms with van der Waals surface area (Å²) in [6.45, 7) is 1.23. The van der Waals surface area contributed by atoms with Crippen molar-refractivity contribution in [1.82, 2.24) is 0 Å². The van der Waals surface area contributed by atoms with Crippen LogP contribution in [0.4, 0.5) is 0 Å². The van der Waals surface area contributed by atoms with Gasteiger partial charge in [0.2, 0.25) is 22.7 Å². The van der Waals surface area contributed by atoms with E-state index in [1.807, 2.05) is 0 Å². The van der Waals surface area contributed by atoms with Gasteiger partial charge < -0.3 is 32.8 Å². The highest BCUT2D eigenvalue weighted by Gasteiger charge is 2.29. The molecule has 2 aromatic carbocycles. The van der Waals surface area contributed by atoms with Crippen LogP contribution >= 0.6 is 0 Å². The molecule has 0 fully saturated rings. The summed E-state index contributed by atoms with van der Waals surface area (Å²) in [6.07, 6.45) is 1.28. The molecule has 0 bridgehead atoms. The van der Waals surface area contributed by atoms with E-state index in [0.717, 1.165) is 0 Å². The Morgan fingerprint density at radius 1 is 0.806 bits per heavy atom. The van der Waals surface area contributed by atoms with E-state index in [1.165, 1.54) is 48.7 Å². The van der Waals surface area contributed by atoms with Crippen LogP contribution in [0.2, 0.25) is 0 Å². The van der Waals surface area contributed by atoms with Gasteiger partial charge in [-0.3, -0.25) is 9.59 Å². The van der Waals surface area contributed by atoms with Crippen molar-refractivity contribution in [3.63, 3.8) is 0 Å². The molecular weight excluding hydrogens is 408 g/mol. The SMILES string of the molecule is COc1ccc(-c2coc3c(OC)c(OC(C)=O)c(OC)c(OC)c3c2=O)c(OC)c1. The van der Waals surface area contributed by atoms with Crippen LogP contribution in [-0.2, 0) is 4.79 Å². The monoisotopic (exact) mass is 430 g/mol. The number of fused-ring (bicyclic) bond motifs is 1. The van der Waals surface area contributed by atoms with Crippen molar-refractivity contribution in [1.29, 1.82) is 0 Å². The van der Waals surface area contributed by atoms with Gasteiger partial charge >= 0.3 is 5.97 Å². The molecule has 0 saturated carbocycles. The molecule has 3 aromatic rings. The van der Waals surface area contributed by atoms with E-state index < -0.39 is 11.4 Å². The molecule has 9 heteroatoms. The molecule has 0 radical (unpaired) electrons. The largest absolute Gasteiger partial charge is 0.497 e. The lowest BCUT2D eigenvalue weighted by molar-refractivity contribution is -0.132. The first-order chi connectivity index (χ1) is 14.9. The van der Waals surface area contributed by atoms with Crippen LogP contribution in [0.3, 0.4) is 0 Å². The van der Waals surface area contributed by atoms with Crippen molar-refractivity contribution < 1.29 is 37.6 Å². The summed E-state index contributed by atoms with van der Waals surface area (Å²) < 4.78 is 37.9. The highest BCUT2D eigenvalue weighted by molar-refractivity contribution is 5.97. The van der Waals surface area contributed by atoms with E-state index in [-0.39, 0.29) is 39.5 Å². The fraction of sp³-hybridized carbons (Fsp3) is 0.273. The van der Waals surface area contributed by atoms with Crippen molar-refractivity contribution in [2.75, 3.05) is 35.5 Å². The first-order valence-electron chi connectivity index (χ1n) is 9.09. The lowest BCUT2D eigenvalue weighted by atomic mass is 10.0. The zero-order valence-electron chi connectivity index (χ0n) is 18.0. The van der Waals surface area contributed by atoms with E-state index in [9.17, 15) is 9.59 Å². The average molecular weight is 430 g/mol. The fourth-order valence-electron chi connectivity index (χ4n) is 3.27. The van der Waals surface area contributed by atoms with Crippen molar-refractivity contribution in [3.05, 3.63) is 34.7 Å². The van der Waals surface area contributed by atoms with Crippen LogP contribution in [0.1, 0.15) is 6.92 Å². The maximum Gasteiger partial charge on any atom is 0.308 e. The Hall–Kier alpha value is -3.88. The second kappa shape index (κ2) is 8.86. The molecule has 164 valence electrons. The molecular formula is C22H22O9. The van der Waals surface area contributed by atoms with Gasteiger partial charge in [-0.15, -0.1) is 0 Å². The standard InChI is InChI=1S/C22H22O9/c1-11(23)31-22-20(28-5)18(27-4)16-17(24)14(10-30-19(16)21(22)29-6)13-8-7-12(25-2)9-15(13)26-3/h7-10H,1-6H3. The fourth-order valence-corrected chi connectivity index (χ4v) is 3.27.